The van der Waals surface area contributed by atoms with E-state index in [9.17, 15) is 18.0 Å². The van der Waals surface area contributed by atoms with E-state index < -0.39 is 33.8 Å². The second-order valence-electron chi connectivity index (χ2n) is 3.98. The second kappa shape index (κ2) is 5.81. The fourth-order valence-electron chi connectivity index (χ4n) is 1.33. The molecule has 0 aliphatic rings. The molecule has 1 aromatic rings. The molecule has 8 heteroatoms. The summed E-state index contributed by atoms with van der Waals surface area (Å²) in [6.45, 7) is 1.82. The highest BCUT2D eigenvalue weighted by molar-refractivity contribution is 7.85. The maximum Gasteiger partial charge on any atom is 0.327 e. The van der Waals surface area contributed by atoms with Gasteiger partial charge < -0.3 is 10.4 Å². The van der Waals surface area contributed by atoms with E-state index in [0.29, 0.717) is 0 Å². The quantitative estimate of drug-likeness (QED) is 0.659. The Kier molecular flexibility index (Phi) is 4.62. The van der Waals surface area contributed by atoms with Gasteiger partial charge in [-0.15, -0.1) is 0 Å². The lowest BCUT2D eigenvalue weighted by atomic mass is 10.1. The predicted molar refractivity (Wildman–Crippen MR) is 66.5 cm³/mol. The third kappa shape index (κ3) is 5.06. The second-order valence-corrected chi connectivity index (χ2v) is 5.48. The first-order chi connectivity index (χ1) is 8.69. The minimum absolute atomic E-state index is 0.201. The molecule has 1 amide bonds. The summed E-state index contributed by atoms with van der Waals surface area (Å²) in [5.74, 6) is -3.35. The monoisotopic (exact) mass is 287 g/mol. The van der Waals surface area contributed by atoms with Crippen molar-refractivity contribution >= 4 is 22.0 Å². The molecule has 0 heterocycles. The van der Waals surface area contributed by atoms with Crippen molar-refractivity contribution in [2.24, 2.45) is 0 Å². The number of rotatable bonds is 5. The van der Waals surface area contributed by atoms with E-state index in [1.54, 1.807) is 12.1 Å². The van der Waals surface area contributed by atoms with Crippen LogP contribution in [-0.2, 0) is 14.9 Å². The molecule has 0 radical (unpaired) electrons. The molecular formula is C11H13NO6S. The molecule has 0 aliphatic heterocycles. The average molecular weight is 287 g/mol. The van der Waals surface area contributed by atoms with Crippen LogP contribution in [0.2, 0.25) is 0 Å². The molecule has 1 rings (SSSR count). The highest BCUT2D eigenvalue weighted by Gasteiger charge is 2.25. The van der Waals surface area contributed by atoms with Crippen LogP contribution in [0.1, 0.15) is 15.9 Å². The highest BCUT2D eigenvalue weighted by Crippen LogP contribution is 2.04. The summed E-state index contributed by atoms with van der Waals surface area (Å²) in [6.07, 6.45) is 0. The van der Waals surface area contributed by atoms with Crippen LogP contribution in [0, 0.1) is 6.92 Å². The van der Waals surface area contributed by atoms with Crippen LogP contribution in [0.3, 0.4) is 0 Å². The van der Waals surface area contributed by atoms with Crippen LogP contribution < -0.4 is 5.32 Å². The molecule has 1 aromatic carbocycles. The maximum atomic E-state index is 11.7. The summed E-state index contributed by atoms with van der Waals surface area (Å²) in [5.41, 5.74) is 1.12. The largest absolute Gasteiger partial charge is 0.480 e. The van der Waals surface area contributed by atoms with Gasteiger partial charge in [0.1, 0.15) is 11.8 Å². The van der Waals surface area contributed by atoms with E-state index in [1.807, 2.05) is 12.2 Å². The number of carbonyl (C=O) groups is 2. The van der Waals surface area contributed by atoms with E-state index in [-0.39, 0.29) is 5.56 Å². The van der Waals surface area contributed by atoms with Gasteiger partial charge in [0.2, 0.25) is 0 Å². The Hall–Kier alpha value is -1.93. The van der Waals surface area contributed by atoms with Crippen molar-refractivity contribution in [3.63, 3.8) is 0 Å². The zero-order chi connectivity index (χ0) is 14.6. The van der Waals surface area contributed by atoms with Crippen molar-refractivity contribution in [3.8, 4) is 0 Å². The van der Waals surface area contributed by atoms with Crippen molar-refractivity contribution in [1.82, 2.24) is 5.32 Å². The molecule has 0 fully saturated rings. The van der Waals surface area contributed by atoms with Gasteiger partial charge >= 0.3 is 5.97 Å². The number of aliphatic carboxylic acids is 1. The summed E-state index contributed by atoms with van der Waals surface area (Å²) >= 11 is 0. The molecule has 0 bridgehead atoms. The number of hydrogen-bond acceptors (Lipinski definition) is 4. The molecule has 0 saturated heterocycles. The number of carbonyl (C=O) groups excluding carboxylic acids is 1. The fourth-order valence-corrected chi connectivity index (χ4v) is 1.98. The van der Waals surface area contributed by atoms with Gasteiger partial charge in [0.05, 0.1) is 0 Å². The van der Waals surface area contributed by atoms with Crippen LogP contribution in [0.5, 0.6) is 0 Å². The van der Waals surface area contributed by atoms with Crippen molar-refractivity contribution in [1.29, 1.82) is 0 Å². The van der Waals surface area contributed by atoms with Crippen LogP contribution in [0.4, 0.5) is 0 Å². The summed E-state index contributed by atoms with van der Waals surface area (Å²) in [5, 5.41) is 10.8. The first-order valence-electron chi connectivity index (χ1n) is 5.24. The number of carboxylic acids is 1. The van der Waals surface area contributed by atoms with Crippen molar-refractivity contribution in [3.05, 3.63) is 35.4 Å². The van der Waals surface area contributed by atoms with Gasteiger partial charge in [-0.1, -0.05) is 17.7 Å². The normalized spacial score (nSPS) is 12.7. The third-order valence-corrected chi connectivity index (χ3v) is 3.05. The number of aryl methyl sites for hydroxylation is 1. The fraction of sp³-hybridized carbons (Fsp3) is 0.273. The number of hydrogen-bond donors (Lipinski definition) is 3. The van der Waals surface area contributed by atoms with Crippen molar-refractivity contribution < 1.29 is 27.7 Å². The lowest BCUT2D eigenvalue weighted by Gasteiger charge is -2.12. The van der Waals surface area contributed by atoms with Crippen molar-refractivity contribution in [2.75, 3.05) is 5.75 Å². The number of nitrogens with one attached hydrogen (secondary N) is 1. The van der Waals surface area contributed by atoms with Crippen molar-refractivity contribution in [2.45, 2.75) is 13.0 Å². The molecule has 0 aromatic heterocycles. The molecule has 0 aliphatic carbocycles. The SMILES string of the molecule is Cc1ccc(C(=O)N[C@@H](CS(=O)(=O)O)C(=O)O)cc1. The topological polar surface area (TPSA) is 121 Å². The van der Waals surface area contributed by atoms with Gasteiger partial charge in [-0.3, -0.25) is 9.35 Å². The Morgan fingerprint density at radius 3 is 2.21 bits per heavy atom. The number of amides is 1. The lowest BCUT2D eigenvalue weighted by Crippen LogP contribution is -2.45. The van der Waals surface area contributed by atoms with E-state index in [2.05, 4.69) is 0 Å². The predicted octanol–water partition coefficient (Wildman–Crippen LogP) is 0.0658. The zero-order valence-electron chi connectivity index (χ0n) is 10.0. The lowest BCUT2D eigenvalue weighted by molar-refractivity contribution is -0.138. The Balaban J connectivity index is 2.82. The molecule has 0 spiro atoms. The maximum absolute atomic E-state index is 11.7. The van der Waals surface area contributed by atoms with Gasteiger partial charge in [0.25, 0.3) is 16.0 Å². The summed E-state index contributed by atoms with van der Waals surface area (Å²) in [6, 6.07) is 4.58. The smallest absolute Gasteiger partial charge is 0.327 e. The third-order valence-electron chi connectivity index (χ3n) is 2.29. The van der Waals surface area contributed by atoms with E-state index >= 15 is 0 Å². The van der Waals surface area contributed by atoms with Gasteiger partial charge in [-0.05, 0) is 19.1 Å². The van der Waals surface area contributed by atoms with Crippen LogP contribution >= 0.6 is 0 Å². The standard InChI is InChI=1S/C11H13NO6S/c1-7-2-4-8(5-3-7)10(13)12-9(11(14)15)6-19(16,17)18/h2-5,9H,6H2,1H3,(H,12,13)(H,14,15)(H,16,17,18)/t9-/m0/s1. The van der Waals surface area contributed by atoms with Gasteiger partial charge in [-0.2, -0.15) is 8.42 Å². The van der Waals surface area contributed by atoms with Crippen LogP contribution in [-0.4, -0.2) is 41.7 Å². The Morgan fingerprint density at radius 1 is 1.26 bits per heavy atom. The molecule has 19 heavy (non-hydrogen) atoms. The Morgan fingerprint density at radius 2 is 1.79 bits per heavy atom. The molecule has 0 unspecified atom stereocenters. The van der Waals surface area contributed by atoms with E-state index in [1.165, 1.54) is 12.1 Å². The van der Waals surface area contributed by atoms with Crippen LogP contribution in [0.15, 0.2) is 24.3 Å². The summed E-state index contributed by atoms with van der Waals surface area (Å²) in [7, 11) is -4.50. The van der Waals surface area contributed by atoms with Crippen LogP contribution in [0.25, 0.3) is 0 Å². The number of carboxylic acid groups (broad SMARTS) is 1. The van der Waals surface area contributed by atoms with E-state index in [0.717, 1.165) is 5.56 Å². The van der Waals surface area contributed by atoms with Gasteiger partial charge in [0.15, 0.2) is 0 Å². The summed E-state index contributed by atoms with van der Waals surface area (Å²) < 4.78 is 29.9. The number of benzene rings is 1. The molecule has 3 N–H and O–H groups in total. The molecular weight excluding hydrogens is 274 g/mol. The molecule has 1 atom stereocenters. The average Bonchev–Trinajstić information content (AvgIpc) is 2.27. The van der Waals surface area contributed by atoms with Gasteiger partial charge in [0, 0.05) is 5.56 Å². The Bertz CT molecular complexity index is 578. The highest BCUT2D eigenvalue weighted by atomic mass is 32.2. The zero-order valence-corrected chi connectivity index (χ0v) is 10.8. The molecule has 0 saturated carbocycles. The molecule has 104 valence electrons. The van der Waals surface area contributed by atoms with E-state index in [4.69, 9.17) is 9.66 Å². The first-order valence-corrected chi connectivity index (χ1v) is 6.85. The Labute approximate surface area is 110 Å². The summed E-state index contributed by atoms with van der Waals surface area (Å²) in [4.78, 5) is 22.5. The minimum Gasteiger partial charge on any atom is -0.480 e. The molecule has 7 nitrogen and oxygen atoms in total. The van der Waals surface area contributed by atoms with Gasteiger partial charge in [-0.25, -0.2) is 4.79 Å². The minimum atomic E-state index is -4.50. The first kappa shape index (κ1) is 15.1.